The van der Waals surface area contributed by atoms with Gasteiger partial charge in [-0.2, -0.15) is 13.2 Å². The molecule has 1 unspecified atom stereocenters. The Bertz CT molecular complexity index is 997. The van der Waals surface area contributed by atoms with Crippen LogP contribution in [0.3, 0.4) is 0 Å². The van der Waals surface area contributed by atoms with Gasteiger partial charge in [-0.05, 0) is 24.6 Å². The summed E-state index contributed by atoms with van der Waals surface area (Å²) in [6, 6.07) is 3.70. The molecule has 0 saturated carbocycles. The summed E-state index contributed by atoms with van der Waals surface area (Å²) in [4.78, 5) is 34.3. The zero-order chi connectivity index (χ0) is 23.5. The molecule has 0 radical (unpaired) electrons. The SMILES string of the molecule is COc1cc(C(F)(F)F)cnc1N1CCC(NC(=O)c2ccnc(NC(=O)C(C)C)c2)C1. The summed E-state index contributed by atoms with van der Waals surface area (Å²) in [5, 5.41) is 5.55. The van der Waals surface area contributed by atoms with Crippen molar-refractivity contribution in [2.45, 2.75) is 32.5 Å². The van der Waals surface area contributed by atoms with Gasteiger partial charge in [0, 0.05) is 43.0 Å². The topological polar surface area (TPSA) is 96.4 Å². The summed E-state index contributed by atoms with van der Waals surface area (Å²) >= 11 is 0. The minimum atomic E-state index is -4.52. The van der Waals surface area contributed by atoms with Gasteiger partial charge in [-0.15, -0.1) is 0 Å². The van der Waals surface area contributed by atoms with E-state index in [0.717, 1.165) is 12.3 Å². The zero-order valence-electron chi connectivity index (χ0n) is 17.9. The summed E-state index contributed by atoms with van der Waals surface area (Å²) in [5.74, 6) is -0.185. The van der Waals surface area contributed by atoms with E-state index in [1.165, 1.54) is 25.4 Å². The number of alkyl halides is 3. The summed E-state index contributed by atoms with van der Waals surface area (Å²) in [6.07, 6.45) is -1.73. The Morgan fingerprint density at radius 1 is 1.25 bits per heavy atom. The molecule has 1 aliphatic rings. The zero-order valence-corrected chi connectivity index (χ0v) is 17.9. The fourth-order valence-corrected chi connectivity index (χ4v) is 3.23. The van der Waals surface area contributed by atoms with Crippen LogP contribution in [0, 0.1) is 5.92 Å². The van der Waals surface area contributed by atoms with Gasteiger partial charge in [0.1, 0.15) is 5.82 Å². The molecule has 1 atom stereocenters. The van der Waals surface area contributed by atoms with Crippen LogP contribution in [0.2, 0.25) is 0 Å². The van der Waals surface area contributed by atoms with E-state index in [1.54, 1.807) is 18.7 Å². The Labute approximate surface area is 183 Å². The number of carbonyl (C=O) groups excluding carboxylic acids is 2. The van der Waals surface area contributed by atoms with E-state index in [0.29, 0.717) is 30.9 Å². The van der Waals surface area contributed by atoms with E-state index >= 15 is 0 Å². The molecule has 8 nitrogen and oxygen atoms in total. The lowest BCUT2D eigenvalue weighted by molar-refractivity contribution is -0.137. The lowest BCUT2D eigenvalue weighted by Crippen LogP contribution is -2.37. The fourth-order valence-electron chi connectivity index (χ4n) is 3.23. The van der Waals surface area contributed by atoms with Crippen LogP contribution in [0.25, 0.3) is 0 Å². The number of halogens is 3. The van der Waals surface area contributed by atoms with Crippen LogP contribution >= 0.6 is 0 Å². The number of nitrogens with one attached hydrogen (secondary N) is 2. The van der Waals surface area contributed by atoms with Gasteiger partial charge >= 0.3 is 6.18 Å². The van der Waals surface area contributed by atoms with Crippen molar-refractivity contribution in [3.8, 4) is 5.75 Å². The van der Waals surface area contributed by atoms with Crippen molar-refractivity contribution in [1.29, 1.82) is 0 Å². The van der Waals surface area contributed by atoms with E-state index in [2.05, 4.69) is 20.6 Å². The minimum absolute atomic E-state index is 0.0199. The van der Waals surface area contributed by atoms with Crippen molar-refractivity contribution < 1.29 is 27.5 Å². The number of methoxy groups -OCH3 is 1. The molecule has 0 aliphatic carbocycles. The summed E-state index contributed by atoms with van der Waals surface area (Å²) in [6.45, 7) is 4.35. The number of hydrogen-bond acceptors (Lipinski definition) is 6. The lowest BCUT2D eigenvalue weighted by atomic mass is 10.2. The average molecular weight is 451 g/mol. The van der Waals surface area contributed by atoms with E-state index in [-0.39, 0.29) is 35.3 Å². The largest absolute Gasteiger partial charge is 0.493 e. The summed E-state index contributed by atoms with van der Waals surface area (Å²) < 4.78 is 43.9. The molecule has 2 aromatic rings. The van der Waals surface area contributed by atoms with Crippen molar-refractivity contribution in [2.24, 2.45) is 5.92 Å². The number of amides is 2. The number of carbonyl (C=O) groups is 2. The normalized spacial score (nSPS) is 16.2. The molecule has 0 aromatic carbocycles. The third kappa shape index (κ3) is 5.45. The molecule has 1 fully saturated rings. The molecule has 1 aliphatic heterocycles. The Morgan fingerprint density at radius 3 is 2.66 bits per heavy atom. The van der Waals surface area contributed by atoms with Crippen LogP contribution in [-0.4, -0.2) is 48.0 Å². The van der Waals surface area contributed by atoms with Crippen LogP contribution in [0.1, 0.15) is 36.2 Å². The molecular formula is C21H24F3N5O3. The second-order valence-corrected chi connectivity index (χ2v) is 7.73. The van der Waals surface area contributed by atoms with Gasteiger partial charge in [-0.25, -0.2) is 9.97 Å². The van der Waals surface area contributed by atoms with Crippen LogP contribution in [0.4, 0.5) is 24.8 Å². The van der Waals surface area contributed by atoms with Gasteiger partial charge in [0.15, 0.2) is 11.6 Å². The third-order valence-corrected chi connectivity index (χ3v) is 5.00. The number of rotatable bonds is 6. The number of pyridine rings is 2. The highest BCUT2D eigenvalue weighted by Gasteiger charge is 2.33. The Kier molecular flexibility index (Phi) is 6.85. The van der Waals surface area contributed by atoms with Crippen LogP contribution in [0.15, 0.2) is 30.6 Å². The van der Waals surface area contributed by atoms with Crippen molar-refractivity contribution >= 4 is 23.5 Å². The van der Waals surface area contributed by atoms with E-state index < -0.39 is 11.7 Å². The molecule has 2 N–H and O–H groups in total. The first-order valence-corrected chi connectivity index (χ1v) is 10.0. The number of ether oxygens (including phenoxy) is 1. The quantitative estimate of drug-likeness (QED) is 0.701. The first kappa shape index (κ1) is 23.3. The van der Waals surface area contributed by atoms with Gasteiger partial charge in [-0.3, -0.25) is 9.59 Å². The highest BCUT2D eigenvalue weighted by molar-refractivity contribution is 5.97. The third-order valence-electron chi connectivity index (χ3n) is 5.00. The molecule has 0 bridgehead atoms. The molecule has 0 spiro atoms. The second kappa shape index (κ2) is 9.41. The molecule has 172 valence electrons. The minimum Gasteiger partial charge on any atom is -0.493 e. The lowest BCUT2D eigenvalue weighted by Gasteiger charge is -2.21. The second-order valence-electron chi connectivity index (χ2n) is 7.73. The standard InChI is InChI=1S/C21H24F3N5O3/c1-12(2)19(30)28-17-8-13(4-6-25-17)20(31)27-15-5-7-29(11-15)18-16(32-3)9-14(10-26-18)21(22,23)24/h4,6,8-10,12,15H,5,7,11H2,1-3H3,(H,27,31)(H,25,28,30). The highest BCUT2D eigenvalue weighted by atomic mass is 19.4. The Balaban J connectivity index is 1.65. The summed E-state index contributed by atoms with van der Waals surface area (Å²) in [5.41, 5.74) is -0.553. The van der Waals surface area contributed by atoms with Gasteiger partial charge in [0.05, 0.1) is 12.7 Å². The Hall–Kier alpha value is -3.37. The van der Waals surface area contributed by atoms with Crippen molar-refractivity contribution in [1.82, 2.24) is 15.3 Å². The van der Waals surface area contributed by atoms with Crippen LogP contribution < -0.4 is 20.3 Å². The van der Waals surface area contributed by atoms with E-state index in [4.69, 9.17) is 4.74 Å². The summed E-state index contributed by atoms with van der Waals surface area (Å²) in [7, 11) is 1.29. The van der Waals surface area contributed by atoms with E-state index in [9.17, 15) is 22.8 Å². The van der Waals surface area contributed by atoms with Crippen molar-refractivity contribution in [2.75, 3.05) is 30.4 Å². The molecule has 32 heavy (non-hydrogen) atoms. The number of aromatic nitrogens is 2. The van der Waals surface area contributed by atoms with E-state index in [1.807, 2.05) is 0 Å². The van der Waals surface area contributed by atoms with Crippen LogP contribution in [0.5, 0.6) is 5.75 Å². The first-order valence-electron chi connectivity index (χ1n) is 10.0. The molecule has 3 rings (SSSR count). The predicted octanol–water partition coefficient (Wildman–Crippen LogP) is 3.11. The fraction of sp³-hybridized carbons (Fsp3) is 0.429. The van der Waals surface area contributed by atoms with Gasteiger partial charge < -0.3 is 20.3 Å². The Morgan fingerprint density at radius 2 is 2.00 bits per heavy atom. The molecule has 2 amide bonds. The molecule has 3 heterocycles. The molecular weight excluding hydrogens is 427 g/mol. The highest BCUT2D eigenvalue weighted by Crippen LogP contribution is 2.35. The van der Waals surface area contributed by atoms with Crippen LogP contribution in [-0.2, 0) is 11.0 Å². The monoisotopic (exact) mass is 451 g/mol. The maximum atomic E-state index is 12.9. The van der Waals surface area contributed by atoms with Gasteiger partial charge in [0.25, 0.3) is 5.91 Å². The van der Waals surface area contributed by atoms with Gasteiger partial charge in [0.2, 0.25) is 5.91 Å². The number of anilines is 2. The number of nitrogens with zero attached hydrogens (tertiary/aromatic N) is 3. The van der Waals surface area contributed by atoms with Crippen molar-refractivity contribution in [3.63, 3.8) is 0 Å². The molecule has 11 heteroatoms. The smallest absolute Gasteiger partial charge is 0.418 e. The number of hydrogen-bond donors (Lipinski definition) is 2. The first-order chi connectivity index (χ1) is 15.1. The predicted molar refractivity (Wildman–Crippen MR) is 112 cm³/mol. The maximum Gasteiger partial charge on any atom is 0.418 e. The average Bonchev–Trinajstić information content (AvgIpc) is 3.20. The molecule has 1 saturated heterocycles. The maximum absolute atomic E-state index is 12.9. The van der Waals surface area contributed by atoms with Crippen molar-refractivity contribution in [3.05, 3.63) is 41.7 Å². The molecule has 2 aromatic heterocycles. The van der Waals surface area contributed by atoms with Gasteiger partial charge in [-0.1, -0.05) is 13.8 Å².